The molecule has 3 rings (SSSR count). The van der Waals surface area contributed by atoms with Crippen LogP contribution in [0.2, 0.25) is 0 Å². The van der Waals surface area contributed by atoms with E-state index in [0.29, 0.717) is 6.54 Å². The first-order valence-electron chi connectivity index (χ1n) is 9.91. The molecule has 6 nitrogen and oxygen atoms in total. The largest absolute Gasteiger partial charge is 0.355 e. The van der Waals surface area contributed by atoms with Crippen molar-refractivity contribution in [3.8, 4) is 0 Å². The van der Waals surface area contributed by atoms with Crippen LogP contribution in [-0.4, -0.2) is 63.3 Å². The molecule has 0 bridgehead atoms. The molecule has 2 aromatic carbocycles. The number of carbonyl (C=O) groups excluding carboxylic acids is 1. The number of fused-ring (bicyclic) bond motifs is 1. The standard InChI is InChI=1S/C21H29N3O3S/c1-23(17-21(25)22-12-7-15-24-13-5-2-6-14-24)28(26,27)20-11-10-18-8-3-4-9-19(18)16-20/h3-4,8-11,16H,2,5-7,12-15,17H2,1H3,(H,22,25). The molecule has 0 aliphatic carbocycles. The molecule has 1 fully saturated rings. The van der Waals surface area contributed by atoms with Crippen molar-refractivity contribution in [2.45, 2.75) is 30.6 Å². The van der Waals surface area contributed by atoms with E-state index >= 15 is 0 Å². The minimum absolute atomic E-state index is 0.182. The number of nitrogens with one attached hydrogen (secondary N) is 1. The van der Waals surface area contributed by atoms with Crippen LogP contribution in [0, 0.1) is 0 Å². The number of benzene rings is 2. The summed E-state index contributed by atoms with van der Waals surface area (Å²) in [5.41, 5.74) is 0. The Kier molecular flexibility index (Phi) is 7.04. The van der Waals surface area contributed by atoms with Gasteiger partial charge in [-0.25, -0.2) is 8.42 Å². The first-order valence-corrected chi connectivity index (χ1v) is 11.3. The Balaban J connectivity index is 1.50. The lowest BCUT2D eigenvalue weighted by Crippen LogP contribution is -2.39. The summed E-state index contributed by atoms with van der Waals surface area (Å²) in [6, 6.07) is 12.6. The summed E-state index contributed by atoms with van der Waals surface area (Å²) in [7, 11) is -2.27. The van der Waals surface area contributed by atoms with Gasteiger partial charge in [0.2, 0.25) is 15.9 Å². The third-order valence-electron chi connectivity index (χ3n) is 5.22. The molecule has 0 aromatic heterocycles. The maximum atomic E-state index is 12.8. The number of likely N-dealkylation sites (N-methyl/N-ethyl adjacent to an activating group) is 1. The van der Waals surface area contributed by atoms with Crippen LogP contribution in [0.25, 0.3) is 10.8 Å². The van der Waals surface area contributed by atoms with E-state index in [2.05, 4.69) is 10.2 Å². The highest BCUT2D eigenvalue weighted by Gasteiger charge is 2.23. The van der Waals surface area contributed by atoms with E-state index in [1.165, 1.54) is 26.3 Å². The van der Waals surface area contributed by atoms with Crippen molar-refractivity contribution in [2.24, 2.45) is 0 Å². The minimum atomic E-state index is -3.71. The highest BCUT2D eigenvalue weighted by molar-refractivity contribution is 7.89. The lowest BCUT2D eigenvalue weighted by atomic mass is 10.1. The quantitative estimate of drug-likeness (QED) is 0.688. The van der Waals surface area contributed by atoms with Crippen LogP contribution < -0.4 is 5.32 Å². The fourth-order valence-electron chi connectivity index (χ4n) is 3.56. The topological polar surface area (TPSA) is 69.7 Å². The van der Waals surface area contributed by atoms with Gasteiger partial charge in [0.15, 0.2) is 0 Å². The molecule has 0 spiro atoms. The lowest BCUT2D eigenvalue weighted by molar-refractivity contribution is -0.121. The van der Waals surface area contributed by atoms with Gasteiger partial charge in [0.05, 0.1) is 11.4 Å². The number of hydrogen-bond acceptors (Lipinski definition) is 4. The summed E-state index contributed by atoms with van der Waals surface area (Å²) in [6.07, 6.45) is 4.70. The van der Waals surface area contributed by atoms with Gasteiger partial charge >= 0.3 is 0 Å². The average Bonchev–Trinajstić information content (AvgIpc) is 2.71. The van der Waals surface area contributed by atoms with Crippen LogP contribution in [0.1, 0.15) is 25.7 Å². The molecule has 7 heteroatoms. The second kappa shape index (κ2) is 9.49. The van der Waals surface area contributed by atoms with Gasteiger partial charge in [0.1, 0.15) is 0 Å². The Hall–Kier alpha value is -1.96. The number of rotatable bonds is 8. The molecule has 1 heterocycles. The summed E-state index contributed by atoms with van der Waals surface area (Å²) in [5, 5.41) is 4.68. The minimum Gasteiger partial charge on any atom is -0.355 e. The number of carbonyl (C=O) groups is 1. The smallest absolute Gasteiger partial charge is 0.243 e. The van der Waals surface area contributed by atoms with Crippen LogP contribution in [-0.2, 0) is 14.8 Å². The van der Waals surface area contributed by atoms with Gasteiger partial charge in [-0.2, -0.15) is 4.31 Å². The van der Waals surface area contributed by atoms with Crippen molar-refractivity contribution in [2.75, 3.05) is 39.8 Å². The van der Waals surface area contributed by atoms with Crippen LogP contribution in [0.5, 0.6) is 0 Å². The summed E-state index contributed by atoms with van der Waals surface area (Å²) in [4.78, 5) is 14.8. The molecule has 0 saturated carbocycles. The number of nitrogens with zero attached hydrogens (tertiary/aromatic N) is 2. The van der Waals surface area contributed by atoms with Crippen molar-refractivity contribution in [3.63, 3.8) is 0 Å². The zero-order valence-electron chi connectivity index (χ0n) is 16.4. The summed E-state index contributed by atoms with van der Waals surface area (Å²) >= 11 is 0. The third-order valence-corrected chi connectivity index (χ3v) is 7.02. The monoisotopic (exact) mass is 403 g/mol. The Morgan fingerprint density at radius 2 is 1.79 bits per heavy atom. The van der Waals surface area contributed by atoms with E-state index in [1.54, 1.807) is 18.2 Å². The molecule has 1 aliphatic heterocycles. The zero-order chi connectivity index (χ0) is 20.0. The number of sulfonamides is 1. The molecule has 1 aliphatic rings. The predicted molar refractivity (Wildman–Crippen MR) is 112 cm³/mol. The second-order valence-corrected chi connectivity index (χ2v) is 9.42. The molecule has 28 heavy (non-hydrogen) atoms. The van der Waals surface area contributed by atoms with Crippen LogP contribution in [0.3, 0.4) is 0 Å². The van der Waals surface area contributed by atoms with E-state index in [1.807, 2.05) is 24.3 Å². The van der Waals surface area contributed by atoms with Crippen LogP contribution >= 0.6 is 0 Å². The van der Waals surface area contributed by atoms with Crippen LogP contribution in [0.4, 0.5) is 0 Å². The van der Waals surface area contributed by atoms with Gasteiger partial charge in [-0.15, -0.1) is 0 Å². The molecule has 0 atom stereocenters. The first-order chi connectivity index (χ1) is 13.5. The SMILES string of the molecule is CN(CC(=O)NCCCN1CCCCC1)S(=O)(=O)c1ccc2ccccc2c1. The van der Waals surface area contributed by atoms with E-state index < -0.39 is 10.0 Å². The predicted octanol–water partition coefficient (Wildman–Crippen LogP) is 2.45. The number of hydrogen-bond donors (Lipinski definition) is 1. The Morgan fingerprint density at radius 3 is 2.54 bits per heavy atom. The average molecular weight is 404 g/mol. The molecule has 0 radical (unpaired) electrons. The van der Waals surface area contributed by atoms with Crippen molar-refractivity contribution in [1.29, 1.82) is 0 Å². The van der Waals surface area contributed by atoms with E-state index in [-0.39, 0.29) is 17.3 Å². The van der Waals surface area contributed by atoms with Crippen molar-refractivity contribution >= 4 is 26.7 Å². The highest BCUT2D eigenvalue weighted by atomic mass is 32.2. The molecular formula is C21H29N3O3S. The molecule has 152 valence electrons. The molecule has 0 unspecified atom stereocenters. The van der Waals surface area contributed by atoms with Gasteiger partial charge in [-0.3, -0.25) is 4.79 Å². The Morgan fingerprint density at radius 1 is 1.07 bits per heavy atom. The number of likely N-dealkylation sites (tertiary alicyclic amines) is 1. The first kappa shape index (κ1) is 20.8. The second-order valence-electron chi connectivity index (χ2n) is 7.38. The van der Waals surface area contributed by atoms with E-state index in [4.69, 9.17) is 0 Å². The number of piperidine rings is 1. The lowest BCUT2D eigenvalue weighted by Gasteiger charge is -2.26. The van der Waals surface area contributed by atoms with E-state index in [9.17, 15) is 13.2 Å². The van der Waals surface area contributed by atoms with Crippen molar-refractivity contribution < 1.29 is 13.2 Å². The fraction of sp³-hybridized carbons (Fsp3) is 0.476. The summed E-state index contributed by atoms with van der Waals surface area (Å²) in [5.74, 6) is -0.273. The van der Waals surface area contributed by atoms with Gasteiger partial charge in [-0.05, 0) is 61.8 Å². The maximum Gasteiger partial charge on any atom is 0.243 e. The van der Waals surface area contributed by atoms with Crippen LogP contribution in [0.15, 0.2) is 47.4 Å². The zero-order valence-corrected chi connectivity index (χ0v) is 17.2. The molecule has 2 aromatic rings. The van der Waals surface area contributed by atoms with Gasteiger partial charge in [0, 0.05) is 13.6 Å². The highest BCUT2D eigenvalue weighted by Crippen LogP contribution is 2.21. The fourth-order valence-corrected chi connectivity index (χ4v) is 4.73. The maximum absolute atomic E-state index is 12.8. The van der Waals surface area contributed by atoms with E-state index in [0.717, 1.165) is 41.1 Å². The van der Waals surface area contributed by atoms with Crippen molar-refractivity contribution in [3.05, 3.63) is 42.5 Å². The van der Waals surface area contributed by atoms with Crippen molar-refractivity contribution in [1.82, 2.24) is 14.5 Å². The van der Waals surface area contributed by atoms with Gasteiger partial charge < -0.3 is 10.2 Å². The normalized spacial score (nSPS) is 15.8. The third kappa shape index (κ3) is 5.31. The summed E-state index contributed by atoms with van der Waals surface area (Å²) in [6.45, 7) is 3.64. The number of amides is 1. The van der Waals surface area contributed by atoms with Gasteiger partial charge in [0.25, 0.3) is 0 Å². The molecule has 1 N–H and O–H groups in total. The molecule has 1 saturated heterocycles. The molecular weight excluding hydrogens is 374 g/mol. The van der Waals surface area contributed by atoms with Gasteiger partial charge in [-0.1, -0.05) is 36.8 Å². The molecule has 1 amide bonds. The Bertz CT molecular complexity index is 908. The Labute approximate surface area is 167 Å². The summed E-state index contributed by atoms with van der Waals surface area (Å²) < 4.78 is 26.7.